The second kappa shape index (κ2) is 12.2. The van der Waals surface area contributed by atoms with Crippen molar-refractivity contribution in [2.24, 2.45) is 16.8 Å². The van der Waals surface area contributed by atoms with Crippen LogP contribution in [0.5, 0.6) is 5.75 Å². The van der Waals surface area contributed by atoms with E-state index in [0.717, 1.165) is 47.3 Å². The molecule has 1 heterocycles. The minimum atomic E-state index is -0.214. The van der Waals surface area contributed by atoms with Crippen molar-refractivity contribution in [3.05, 3.63) is 59.4 Å². The van der Waals surface area contributed by atoms with Crippen molar-refractivity contribution in [1.29, 1.82) is 0 Å². The van der Waals surface area contributed by atoms with Crippen LogP contribution in [-0.2, 0) is 19.1 Å². The Morgan fingerprint density at radius 3 is 2.58 bits per heavy atom. The molecule has 2 unspecified atom stereocenters. The van der Waals surface area contributed by atoms with E-state index in [1.54, 1.807) is 21.1 Å². The SMILES string of the molecule is CCOC(=O)CCCC1=C(c2ccc(OC)cc2)C(CC2C=CC(OC)=CC2)CN=C1C=O. The first-order valence-electron chi connectivity index (χ1n) is 11.5. The van der Waals surface area contributed by atoms with Crippen LogP contribution < -0.4 is 4.74 Å². The summed E-state index contributed by atoms with van der Waals surface area (Å²) >= 11 is 0. The number of ether oxygens (including phenoxy) is 3. The second-order valence-electron chi connectivity index (χ2n) is 8.22. The third-order valence-electron chi connectivity index (χ3n) is 6.13. The highest BCUT2D eigenvalue weighted by Crippen LogP contribution is 2.39. The van der Waals surface area contributed by atoms with Gasteiger partial charge in [-0.1, -0.05) is 18.2 Å². The topological polar surface area (TPSA) is 74.2 Å². The van der Waals surface area contributed by atoms with Crippen LogP contribution in [0.25, 0.3) is 5.57 Å². The number of hydrogen-bond acceptors (Lipinski definition) is 6. The van der Waals surface area contributed by atoms with Gasteiger partial charge in [0.05, 0.1) is 20.8 Å². The van der Waals surface area contributed by atoms with Gasteiger partial charge in [-0.05, 0) is 79.5 Å². The van der Waals surface area contributed by atoms with Gasteiger partial charge in [0.25, 0.3) is 0 Å². The summed E-state index contributed by atoms with van der Waals surface area (Å²) in [5, 5.41) is 0. The van der Waals surface area contributed by atoms with Gasteiger partial charge in [-0.25, -0.2) is 0 Å². The van der Waals surface area contributed by atoms with E-state index >= 15 is 0 Å². The molecule has 2 atom stereocenters. The summed E-state index contributed by atoms with van der Waals surface area (Å²) in [6.45, 7) is 2.74. The molecule has 3 rings (SSSR count). The summed E-state index contributed by atoms with van der Waals surface area (Å²) in [5.74, 6) is 2.01. The Hall–Kier alpha value is -3.15. The fourth-order valence-corrected chi connectivity index (χ4v) is 4.50. The van der Waals surface area contributed by atoms with Crippen molar-refractivity contribution >= 4 is 23.5 Å². The lowest BCUT2D eigenvalue weighted by molar-refractivity contribution is -0.143. The maximum Gasteiger partial charge on any atom is 0.305 e. The molecule has 0 fully saturated rings. The van der Waals surface area contributed by atoms with Crippen LogP contribution in [0.4, 0.5) is 0 Å². The number of hydrogen-bond donors (Lipinski definition) is 0. The number of carbonyl (C=O) groups excluding carboxylic acids is 2. The largest absolute Gasteiger partial charge is 0.497 e. The van der Waals surface area contributed by atoms with Gasteiger partial charge < -0.3 is 14.2 Å². The van der Waals surface area contributed by atoms with Crippen LogP contribution in [0.15, 0.2) is 58.8 Å². The highest BCUT2D eigenvalue weighted by molar-refractivity contribution is 6.38. The molecule has 1 aromatic rings. The third-order valence-corrected chi connectivity index (χ3v) is 6.13. The standard InChI is InChI=1S/C27H33NO5/c1-4-33-26(30)7-5-6-24-25(18-29)28-17-21(16-19-8-12-22(31-2)13-9-19)27(24)20-10-14-23(32-3)15-11-20/h8,10-15,18-19,21H,4-7,9,16-17H2,1-3H3. The number of allylic oxidation sites excluding steroid dienone is 4. The van der Waals surface area contributed by atoms with Crippen LogP contribution in [0.2, 0.25) is 0 Å². The normalized spacial score (nSPS) is 20.1. The Balaban J connectivity index is 1.90. The molecule has 0 aromatic heterocycles. The summed E-state index contributed by atoms with van der Waals surface area (Å²) in [5.41, 5.74) is 3.63. The highest BCUT2D eigenvalue weighted by Gasteiger charge is 2.29. The summed E-state index contributed by atoms with van der Waals surface area (Å²) in [6, 6.07) is 7.96. The van der Waals surface area contributed by atoms with E-state index in [1.807, 2.05) is 30.3 Å². The van der Waals surface area contributed by atoms with E-state index in [0.29, 0.717) is 44.0 Å². The van der Waals surface area contributed by atoms with Gasteiger partial charge in [-0.2, -0.15) is 0 Å². The smallest absolute Gasteiger partial charge is 0.305 e. The predicted octanol–water partition coefficient (Wildman–Crippen LogP) is 4.95. The van der Waals surface area contributed by atoms with E-state index in [9.17, 15) is 9.59 Å². The lowest BCUT2D eigenvalue weighted by Crippen LogP contribution is -2.23. The van der Waals surface area contributed by atoms with Gasteiger partial charge in [0, 0.05) is 18.9 Å². The molecule has 0 bridgehead atoms. The first kappa shape index (κ1) is 24.5. The maximum absolute atomic E-state index is 11.9. The minimum Gasteiger partial charge on any atom is -0.497 e. The molecule has 0 saturated heterocycles. The zero-order valence-corrected chi connectivity index (χ0v) is 19.7. The molecule has 1 aromatic carbocycles. The molecule has 1 aliphatic carbocycles. The Labute approximate surface area is 196 Å². The zero-order chi connectivity index (χ0) is 23.6. The van der Waals surface area contributed by atoms with Crippen molar-refractivity contribution in [2.45, 2.75) is 39.0 Å². The number of dihydropyridines is 1. The van der Waals surface area contributed by atoms with E-state index in [2.05, 4.69) is 17.1 Å². The van der Waals surface area contributed by atoms with Crippen molar-refractivity contribution in [3.8, 4) is 5.75 Å². The van der Waals surface area contributed by atoms with Gasteiger partial charge in [0.1, 0.15) is 17.2 Å². The fourth-order valence-electron chi connectivity index (χ4n) is 4.50. The number of aldehydes is 1. The quantitative estimate of drug-likeness (QED) is 0.352. The van der Waals surface area contributed by atoms with Gasteiger partial charge >= 0.3 is 5.97 Å². The van der Waals surface area contributed by atoms with E-state index < -0.39 is 0 Å². The first-order chi connectivity index (χ1) is 16.1. The Morgan fingerprint density at radius 1 is 1.18 bits per heavy atom. The molecule has 0 N–H and O–H groups in total. The average Bonchev–Trinajstić information content (AvgIpc) is 2.85. The van der Waals surface area contributed by atoms with Gasteiger partial charge in [-0.3, -0.25) is 14.6 Å². The lowest BCUT2D eigenvalue weighted by Gasteiger charge is -2.30. The fraction of sp³-hybridized carbons (Fsp3) is 0.444. The van der Waals surface area contributed by atoms with Crippen LogP contribution in [0.1, 0.15) is 44.6 Å². The van der Waals surface area contributed by atoms with Crippen molar-refractivity contribution in [3.63, 3.8) is 0 Å². The number of carbonyl (C=O) groups is 2. The van der Waals surface area contributed by atoms with Gasteiger partial charge in [-0.15, -0.1) is 0 Å². The molecule has 0 amide bonds. The molecule has 0 spiro atoms. The molecule has 6 heteroatoms. The number of methoxy groups -OCH3 is 2. The molecular formula is C27H33NO5. The van der Waals surface area contributed by atoms with E-state index in [-0.39, 0.29) is 11.9 Å². The monoisotopic (exact) mass is 451 g/mol. The number of rotatable bonds is 11. The zero-order valence-electron chi connectivity index (χ0n) is 19.7. The number of benzene rings is 1. The summed E-state index contributed by atoms with van der Waals surface area (Å²) in [4.78, 5) is 28.4. The predicted molar refractivity (Wildman–Crippen MR) is 129 cm³/mol. The van der Waals surface area contributed by atoms with Crippen molar-refractivity contribution < 1.29 is 23.8 Å². The number of nitrogens with zero attached hydrogens (tertiary/aromatic N) is 1. The lowest BCUT2D eigenvalue weighted by atomic mass is 9.77. The number of esters is 1. The van der Waals surface area contributed by atoms with Crippen LogP contribution in [-0.4, -0.2) is 45.3 Å². The van der Waals surface area contributed by atoms with Crippen LogP contribution in [0, 0.1) is 11.8 Å². The molecule has 0 radical (unpaired) electrons. The van der Waals surface area contributed by atoms with E-state index in [4.69, 9.17) is 14.2 Å². The Bertz CT molecular complexity index is 955. The maximum atomic E-state index is 11.9. The number of aliphatic imine (C=N–C) groups is 1. The summed E-state index contributed by atoms with van der Waals surface area (Å²) in [7, 11) is 3.33. The van der Waals surface area contributed by atoms with Crippen molar-refractivity contribution in [2.75, 3.05) is 27.4 Å². The van der Waals surface area contributed by atoms with Crippen molar-refractivity contribution in [1.82, 2.24) is 0 Å². The van der Waals surface area contributed by atoms with Crippen LogP contribution in [0.3, 0.4) is 0 Å². The molecular weight excluding hydrogens is 418 g/mol. The second-order valence-corrected chi connectivity index (χ2v) is 8.22. The van der Waals surface area contributed by atoms with Gasteiger partial charge in [0.15, 0.2) is 6.29 Å². The van der Waals surface area contributed by atoms with E-state index in [1.165, 1.54) is 0 Å². The third kappa shape index (κ3) is 6.44. The molecule has 33 heavy (non-hydrogen) atoms. The molecule has 6 nitrogen and oxygen atoms in total. The van der Waals surface area contributed by atoms with Gasteiger partial charge in [0.2, 0.25) is 0 Å². The first-order valence-corrected chi connectivity index (χ1v) is 11.5. The average molecular weight is 452 g/mol. The minimum absolute atomic E-state index is 0.173. The highest BCUT2D eigenvalue weighted by atomic mass is 16.5. The molecule has 176 valence electrons. The molecule has 1 aliphatic heterocycles. The summed E-state index contributed by atoms with van der Waals surface area (Å²) < 4.78 is 15.7. The Morgan fingerprint density at radius 2 is 1.97 bits per heavy atom. The molecule has 2 aliphatic rings. The summed E-state index contributed by atoms with van der Waals surface area (Å²) in [6.07, 6.45) is 10.5. The van der Waals surface area contributed by atoms with Crippen LogP contribution >= 0.6 is 0 Å². The molecule has 0 saturated carbocycles. The Kier molecular flexibility index (Phi) is 9.04.